The van der Waals surface area contributed by atoms with Crippen molar-refractivity contribution < 1.29 is 5.11 Å². The number of aromatic amines is 1. The monoisotopic (exact) mass is 223 g/mol. The molecule has 4 nitrogen and oxygen atoms in total. The second kappa shape index (κ2) is 4.42. The molecule has 1 aromatic heterocycles. The fourth-order valence-corrected chi connectivity index (χ4v) is 1.56. The molecule has 0 saturated heterocycles. The van der Waals surface area contributed by atoms with Gasteiger partial charge in [0.2, 0.25) is 0 Å². The number of nitrogens with one attached hydrogen (secondary N) is 1. The molecule has 0 radical (unpaired) electrons. The molecule has 0 bridgehead atoms. The van der Waals surface area contributed by atoms with Gasteiger partial charge in [-0.3, -0.25) is 0 Å². The maximum atomic E-state index is 9.81. The van der Waals surface area contributed by atoms with Gasteiger partial charge in [-0.1, -0.05) is 29.8 Å². The van der Waals surface area contributed by atoms with Crippen molar-refractivity contribution in [2.75, 3.05) is 0 Å². The predicted octanol–water partition coefficient (Wildman–Crippen LogP) is 1.73. The van der Waals surface area contributed by atoms with E-state index in [-0.39, 0.29) is 0 Å². The van der Waals surface area contributed by atoms with E-state index in [1.54, 1.807) is 6.07 Å². The fourth-order valence-electron chi connectivity index (χ4n) is 1.35. The van der Waals surface area contributed by atoms with Gasteiger partial charge in [0.1, 0.15) is 11.8 Å². The van der Waals surface area contributed by atoms with Gasteiger partial charge < -0.3 is 5.11 Å². The SMILES string of the molecule is OC(Cc1ccccc1Cl)c1cn[nH]n1. The van der Waals surface area contributed by atoms with Gasteiger partial charge in [0.05, 0.1) is 6.20 Å². The van der Waals surface area contributed by atoms with E-state index in [2.05, 4.69) is 15.4 Å². The average Bonchev–Trinajstić information content (AvgIpc) is 2.74. The number of benzene rings is 1. The average molecular weight is 224 g/mol. The Morgan fingerprint density at radius 1 is 1.40 bits per heavy atom. The predicted molar refractivity (Wildman–Crippen MR) is 56.5 cm³/mol. The minimum Gasteiger partial charge on any atom is -0.386 e. The highest BCUT2D eigenvalue weighted by Gasteiger charge is 2.12. The molecular weight excluding hydrogens is 214 g/mol. The molecule has 1 aromatic carbocycles. The van der Waals surface area contributed by atoms with Gasteiger partial charge in [0.25, 0.3) is 0 Å². The molecule has 0 aliphatic rings. The lowest BCUT2D eigenvalue weighted by Gasteiger charge is -2.08. The van der Waals surface area contributed by atoms with Crippen LogP contribution in [0.25, 0.3) is 0 Å². The van der Waals surface area contributed by atoms with E-state index in [4.69, 9.17) is 11.6 Å². The molecular formula is C10H10ClN3O. The number of hydrogen-bond acceptors (Lipinski definition) is 3. The summed E-state index contributed by atoms with van der Waals surface area (Å²) in [5, 5.41) is 20.4. The van der Waals surface area contributed by atoms with Gasteiger partial charge in [-0.05, 0) is 11.6 Å². The maximum absolute atomic E-state index is 9.81. The number of aliphatic hydroxyl groups is 1. The Bertz CT molecular complexity index is 430. The molecule has 2 N–H and O–H groups in total. The van der Waals surface area contributed by atoms with E-state index in [0.29, 0.717) is 17.1 Å². The summed E-state index contributed by atoms with van der Waals surface area (Å²) in [7, 11) is 0. The summed E-state index contributed by atoms with van der Waals surface area (Å²) < 4.78 is 0. The van der Waals surface area contributed by atoms with Gasteiger partial charge >= 0.3 is 0 Å². The van der Waals surface area contributed by atoms with Crippen molar-refractivity contribution in [1.29, 1.82) is 0 Å². The number of nitrogens with zero attached hydrogens (tertiary/aromatic N) is 2. The van der Waals surface area contributed by atoms with Gasteiger partial charge in [-0.2, -0.15) is 15.4 Å². The second-order valence-corrected chi connectivity index (χ2v) is 3.61. The Balaban J connectivity index is 2.13. The topological polar surface area (TPSA) is 61.8 Å². The van der Waals surface area contributed by atoms with Crippen LogP contribution in [-0.2, 0) is 6.42 Å². The fraction of sp³-hybridized carbons (Fsp3) is 0.200. The zero-order chi connectivity index (χ0) is 10.7. The lowest BCUT2D eigenvalue weighted by molar-refractivity contribution is 0.173. The molecule has 1 unspecified atom stereocenters. The van der Waals surface area contributed by atoms with Crippen LogP contribution in [0, 0.1) is 0 Å². The second-order valence-electron chi connectivity index (χ2n) is 3.21. The highest BCUT2D eigenvalue weighted by Crippen LogP contribution is 2.21. The molecule has 2 rings (SSSR count). The van der Waals surface area contributed by atoms with Crippen LogP contribution in [0.5, 0.6) is 0 Å². The molecule has 1 atom stereocenters. The van der Waals surface area contributed by atoms with E-state index in [0.717, 1.165) is 5.56 Å². The minimum atomic E-state index is -0.677. The van der Waals surface area contributed by atoms with E-state index < -0.39 is 6.10 Å². The molecule has 2 aromatic rings. The van der Waals surface area contributed by atoms with Crippen LogP contribution < -0.4 is 0 Å². The van der Waals surface area contributed by atoms with Gasteiger partial charge in [0, 0.05) is 11.4 Å². The van der Waals surface area contributed by atoms with Gasteiger partial charge in [0.15, 0.2) is 0 Å². The number of aliphatic hydroxyl groups excluding tert-OH is 1. The Labute approximate surface area is 91.9 Å². The molecule has 5 heteroatoms. The molecule has 1 heterocycles. The minimum absolute atomic E-state index is 0.437. The van der Waals surface area contributed by atoms with Crippen molar-refractivity contribution in [1.82, 2.24) is 15.4 Å². The molecule has 0 saturated carbocycles. The summed E-state index contributed by atoms with van der Waals surface area (Å²) in [5.74, 6) is 0. The van der Waals surface area contributed by atoms with Crippen LogP contribution in [0.15, 0.2) is 30.5 Å². The van der Waals surface area contributed by atoms with Crippen LogP contribution in [0.1, 0.15) is 17.4 Å². The van der Waals surface area contributed by atoms with Crippen molar-refractivity contribution >= 4 is 11.6 Å². The number of H-pyrrole nitrogens is 1. The number of rotatable bonds is 3. The van der Waals surface area contributed by atoms with Crippen molar-refractivity contribution in [2.45, 2.75) is 12.5 Å². The van der Waals surface area contributed by atoms with Crippen LogP contribution >= 0.6 is 11.6 Å². The maximum Gasteiger partial charge on any atom is 0.111 e. The zero-order valence-electron chi connectivity index (χ0n) is 7.89. The van der Waals surface area contributed by atoms with Crippen LogP contribution in [-0.4, -0.2) is 20.5 Å². The van der Waals surface area contributed by atoms with Crippen LogP contribution in [0.4, 0.5) is 0 Å². The Kier molecular flexibility index (Phi) is 2.99. The smallest absolute Gasteiger partial charge is 0.111 e. The third kappa shape index (κ3) is 2.34. The Morgan fingerprint density at radius 2 is 2.20 bits per heavy atom. The van der Waals surface area contributed by atoms with Crippen molar-refractivity contribution in [3.63, 3.8) is 0 Å². The van der Waals surface area contributed by atoms with Crippen molar-refractivity contribution in [3.05, 3.63) is 46.7 Å². The third-order valence-electron chi connectivity index (χ3n) is 2.15. The highest BCUT2D eigenvalue weighted by molar-refractivity contribution is 6.31. The molecule has 15 heavy (non-hydrogen) atoms. The molecule has 0 aliphatic heterocycles. The summed E-state index contributed by atoms with van der Waals surface area (Å²) in [6, 6.07) is 7.42. The van der Waals surface area contributed by atoms with Gasteiger partial charge in [-0.25, -0.2) is 0 Å². The number of hydrogen-bond donors (Lipinski definition) is 2. The lowest BCUT2D eigenvalue weighted by atomic mass is 10.1. The summed E-state index contributed by atoms with van der Waals surface area (Å²) in [6.45, 7) is 0. The third-order valence-corrected chi connectivity index (χ3v) is 2.51. The zero-order valence-corrected chi connectivity index (χ0v) is 8.65. The Morgan fingerprint density at radius 3 is 2.87 bits per heavy atom. The molecule has 0 spiro atoms. The van der Waals surface area contributed by atoms with E-state index in [1.807, 2.05) is 18.2 Å². The number of aromatic nitrogens is 3. The summed E-state index contributed by atoms with van der Waals surface area (Å²) in [4.78, 5) is 0. The largest absolute Gasteiger partial charge is 0.386 e. The lowest BCUT2D eigenvalue weighted by Crippen LogP contribution is -2.02. The normalized spacial score (nSPS) is 12.7. The number of halogens is 1. The first kappa shape index (κ1) is 10.1. The quantitative estimate of drug-likeness (QED) is 0.833. The van der Waals surface area contributed by atoms with E-state index in [1.165, 1.54) is 6.20 Å². The van der Waals surface area contributed by atoms with Crippen LogP contribution in [0.2, 0.25) is 5.02 Å². The van der Waals surface area contributed by atoms with E-state index >= 15 is 0 Å². The van der Waals surface area contributed by atoms with Crippen LogP contribution in [0.3, 0.4) is 0 Å². The Hall–Kier alpha value is -1.39. The first-order valence-electron chi connectivity index (χ1n) is 4.54. The highest BCUT2D eigenvalue weighted by atomic mass is 35.5. The standard InChI is InChI=1S/C10H10ClN3O/c11-8-4-2-1-3-7(8)5-10(15)9-6-12-14-13-9/h1-4,6,10,15H,5H2,(H,12,13,14). The molecule has 78 valence electrons. The molecule has 0 aliphatic carbocycles. The first-order chi connectivity index (χ1) is 7.27. The summed E-state index contributed by atoms with van der Waals surface area (Å²) in [5.41, 5.74) is 1.42. The summed E-state index contributed by atoms with van der Waals surface area (Å²) in [6.07, 6.45) is 1.26. The van der Waals surface area contributed by atoms with Crippen molar-refractivity contribution in [2.24, 2.45) is 0 Å². The summed E-state index contributed by atoms with van der Waals surface area (Å²) >= 11 is 5.97. The van der Waals surface area contributed by atoms with E-state index in [9.17, 15) is 5.11 Å². The molecule has 0 amide bonds. The van der Waals surface area contributed by atoms with Gasteiger partial charge in [-0.15, -0.1) is 0 Å². The molecule has 0 fully saturated rings. The van der Waals surface area contributed by atoms with Crippen molar-refractivity contribution in [3.8, 4) is 0 Å². The first-order valence-corrected chi connectivity index (χ1v) is 4.92.